The number of nitrogens with zero attached hydrogens (tertiary/aromatic N) is 2. The van der Waals surface area contributed by atoms with Crippen molar-refractivity contribution in [2.75, 3.05) is 13.1 Å². The second-order valence-corrected chi connectivity index (χ2v) is 7.75. The number of rotatable bonds is 3. The zero-order valence-electron chi connectivity index (χ0n) is 13.6. The molecule has 0 radical (unpaired) electrons. The zero-order chi connectivity index (χ0) is 16.7. The van der Waals surface area contributed by atoms with E-state index in [1.54, 1.807) is 20.8 Å². The summed E-state index contributed by atoms with van der Waals surface area (Å²) in [6, 6.07) is 2.50. The summed E-state index contributed by atoms with van der Waals surface area (Å²) in [5, 5.41) is 14.5. The van der Waals surface area contributed by atoms with Crippen molar-refractivity contribution in [2.24, 2.45) is 0 Å². The lowest BCUT2D eigenvalue weighted by atomic mass is 10.1. The molecule has 1 aromatic carbocycles. The van der Waals surface area contributed by atoms with E-state index in [1.807, 2.05) is 6.92 Å². The summed E-state index contributed by atoms with van der Waals surface area (Å²) in [4.78, 5) is 10.4. The minimum Gasteiger partial charge on any atom is -0.311 e. The molecule has 0 bridgehead atoms. The highest BCUT2D eigenvalue weighted by atomic mass is 35.5. The molecule has 1 aliphatic rings. The Kier molecular flexibility index (Phi) is 6.14. The second-order valence-electron chi connectivity index (χ2n) is 5.89. The standard InChI is InChI=1S/C14H21N3O4S.ClH/c1-9-5-13(17(18)19)14(6-10(9)2)22(20,21)16-8-11(3)15-7-12(16)4;/h5-6,11-12,15H,7-8H2,1-4H3;1H. The van der Waals surface area contributed by atoms with Crippen LogP contribution in [0.25, 0.3) is 0 Å². The van der Waals surface area contributed by atoms with Crippen LogP contribution in [0.1, 0.15) is 25.0 Å². The maximum Gasteiger partial charge on any atom is 0.289 e. The molecule has 0 spiro atoms. The van der Waals surface area contributed by atoms with Gasteiger partial charge in [0.25, 0.3) is 5.69 Å². The summed E-state index contributed by atoms with van der Waals surface area (Å²) < 4.78 is 27.2. The van der Waals surface area contributed by atoms with Gasteiger partial charge in [0.2, 0.25) is 10.0 Å². The van der Waals surface area contributed by atoms with Crippen LogP contribution in [0.5, 0.6) is 0 Å². The summed E-state index contributed by atoms with van der Waals surface area (Å²) in [6.45, 7) is 8.00. The number of nitro benzene ring substituents is 1. The number of benzene rings is 1. The van der Waals surface area contributed by atoms with E-state index < -0.39 is 14.9 Å². The smallest absolute Gasteiger partial charge is 0.289 e. The van der Waals surface area contributed by atoms with Gasteiger partial charge >= 0.3 is 0 Å². The Labute approximate surface area is 142 Å². The third-order valence-electron chi connectivity index (χ3n) is 4.07. The predicted molar refractivity (Wildman–Crippen MR) is 90.6 cm³/mol. The first-order valence-electron chi connectivity index (χ1n) is 7.15. The van der Waals surface area contributed by atoms with Crippen molar-refractivity contribution in [3.8, 4) is 0 Å². The lowest BCUT2D eigenvalue weighted by molar-refractivity contribution is -0.387. The van der Waals surface area contributed by atoms with Crippen LogP contribution < -0.4 is 5.32 Å². The highest BCUT2D eigenvalue weighted by Crippen LogP contribution is 2.31. The first-order valence-corrected chi connectivity index (χ1v) is 8.59. The molecule has 1 N–H and O–H groups in total. The number of hydrogen-bond acceptors (Lipinski definition) is 5. The molecular weight excluding hydrogens is 342 g/mol. The van der Waals surface area contributed by atoms with Crippen LogP contribution in [0, 0.1) is 24.0 Å². The monoisotopic (exact) mass is 363 g/mol. The number of nitrogens with one attached hydrogen (secondary N) is 1. The maximum absolute atomic E-state index is 12.9. The van der Waals surface area contributed by atoms with E-state index in [9.17, 15) is 18.5 Å². The van der Waals surface area contributed by atoms with Gasteiger partial charge in [-0.2, -0.15) is 4.31 Å². The van der Waals surface area contributed by atoms with Crippen LogP contribution in [-0.4, -0.2) is 42.8 Å². The van der Waals surface area contributed by atoms with Gasteiger partial charge in [-0.1, -0.05) is 0 Å². The third kappa shape index (κ3) is 3.82. The van der Waals surface area contributed by atoms with Crippen molar-refractivity contribution in [1.29, 1.82) is 0 Å². The third-order valence-corrected chi connectivity index (χ3v) is 6.07. The first kappa shape index (κ1) is 19.8. The molecule has 1 aliphatic heterocycles. The van der Waals surface area contributed by atoms with Gasteiger partial charge in [-0.3, -0.25) is 10.1 Å². The molecule has 2 atom stereocenters. The van der Waals surface area contributed by atoms with E-state index in [0.717, 1.165) is 5.56 Å². The van der Waals surface area contributed by atoms with E-state index in [1.165, 1.54) is 16.4 Å². The Hall–Kier alpha value is -1.22. The molecule has 0 saturated carbocycles. The van der Waals surface area contributed by atoms with E-state index in [-0.39, 0.29) is 35.1 Å². The minimum absolute atomic E-state index is 0. The van der Waals surface area contributed by atoms with Gasteiger partial charge in [0, 0.05) is 31.2 Å². The Morgan fingerprint density at radius 2 is 1.83 bits per heavy atom. The molecule has 2 rings (SSSR count). The van der Waals surface area contributed by atoms with E-state index >= 15 is 0 Å². The molecule has 9 heteroatoms. The number of nitro groups is 1. The van der Waals surface area contributed by atoms with Gasteiger partial charge in [-0.25, -0.2) is 8.42 Å². The Bertz CT molecular complexity index is 708. The van der Waals surface area contributed by atoms with Gasteiger partial charge in [0.1, 0.15) is 0 Å². The van der Waals surface area contributed by atoms with Crippen molar-refractivity contribution in [3.05, 3.63) is 33.4 Å². The highest BCUT2D eigenvalue weighted by Gasteiger charge is 2.37. The average molecular weight is 364 g/mol. The summed E-state index contributed by atoms with van der Waals surface area (Å²) in [6.07, 6.45) is 0. The number of halogens is 1. The molecule has 1 aromatic rings. The van der Waals surface area contributed by atoms with Crippen LogP contribution in [0.3, 0.4) is 0 Å². The van der Waals surface area contributed by atoms with Crippen LogP contribution in [0.4, 0.5) is 5.69 Å². The Morgan fingerprint density at radius 3 is 2.39 bits per heavy atom. The Balaban J connectivity index is 0.00000264. The van der Waals surface area contributed by atoms with Crippen molar-refractivity contribution < 1.29 is 13.3 Å². The molecule has 1 saturated heterocycles. The first-order chi connectivity index (χ1) is 10.1. The lowest BCUT2D eigenvalue weighted by Crippen LogP contribution is -2.56. The summed E-state index contributed by atoms with van der Waals surface area (Å²) in [5.74, 6) is 0. The maximum atomic E-state index is 12.9. The SMILES string of the molecule is Cc1cc([N+](=O)[O-])c(S(=O)(=O)N2CC(C)NCC2C)cc1C.Cl. The molecule has 1 heterocycles. The van der Waals surface area contributed by atoms with Crippen LogP contribution in [0.15, 0.2) is 17.0 Å². The summed E-state index contributed by atoms with van der Waals surface area (Å²) >= 11 is 0. The highest BCUT2D eigenvalue weighted by molar-refractivity contribution is 7.89. The second kappa shape index (κ2) is 7.12. The van der Waals surface area contributed by atoms with Gasteiger partial charge in [-0.05, 0) is 44.9 Å². The molecule has 23 heavy (non-hydrogen) atoms. The Morgan fingerprint density at radius 1 is 1.26 bits per heavy atom. The van der Waals surface area contributed by atoms with Crippen molar-refractivity contribution in [1.82, 2.24) is 9.62 Å². The van der Waals surface area contributed by atoms with E-state index in [0.29, 0.717) is 18.7 Å². The molecule has 2 unspecified atom stereocenters. The quantitative estimate of drug-likeness (QED) is 0.655. The topological polar surface area (TPSA) is 92.5 Å². The summed E-state index contributed by atoms with van der Waals surface area (Å²) in [7, 11) is -3.91. The van der Waals surface area contributed by atoms with Gasteiger partial charge in [0.05, 0.1) is 4.92 Å². The van der Waals surface area contributed by atoms with Gasteiger partial charge in [0.15, 0.2) is 4.90 Å². The number of sulfonamides is 1. The normalized spacial score (nSPS) is 22.4. The average Bonchev–Trinajstić information content (AvgIpc) is 2.43. The molecule has 130 valence electrons. The van der Waals surface area contributed by atoms with Crippen molar-refractivity contribution in [2.45, 2.75) is 44.7 Å². The number of hydrogen-bond donors (Lipinski definition) is 1. The zero-order valence-corrected chi connectivity index (χ0v) is 15.2. The number of aryl methyl sites for hydroxylation is 2. The van der Waals surface area contributed by atoms with Gasteiger partial charge < -0.3 is 5.32 Å². The van der Waals surface area contributed by atoms with Crippen LogP contribution >= 0.6 is 12.4 Å². The predicted octanol–water partition coefficient (Wildman–Crippen LogP) is 2.00. The van der Waals surface area contributed by atoms with E-state index in [2.05, 4.69) is 5.32 Å². The fourth-order valence-corrected chi connectivity index (χ4v) is 4.52. The molecule has 0 aliphatic carbocycles. The molecule has 1 fully saturated rings. The molecule has 0 amide bonds. The fourth-order valence-electron chi connectivity index (χ4n) is 2.57. The van der Waals surface area contributed by atoms with Crippen molar-refractivity contribution >= 4 is 28.1 Å². The van der Waals surface area contributed by atoms with E-state index in [4.69, 9.17) is 0 Å². The lowest BCUT2D eigenvalue weighted by Gasteiger charge is -2.36. The summed E-state index contributed by atoms with van der Waals surface area (Å²) in [5.41, 5.74) is 1.06. The molecule has 7 nitrogen and oxygen atoms in total. The fraction of sp³-hybridized carbons (Fsp3) is 0.571. The minimum atomic E-state index is -3.91. The number of piperazine rings is 1. The van der Waals surface area contributed by atoms with Crippen molar-refractivity contribution in [3.63, 3.8) is 0 Å². The molecular formula is C14H22ClN3O4S. The van der Waals surface area contributed by atoms with Crippen LogP contribution in [-0.2, 0) is 10.0 Å². The van der Waals surface area contributed by atoms with Crippen LogP contribution in [0.2, 0.25) is 0 Å². The molecule has 0 aromatic heterocycles. The largest absolute Gasteiger partial charge is 0.311 e. The van der Waals surface area contributed by atoms with Gasteiger partial charge in [-0.15, -0.1) is 12.4 Å².